The van der Waals surface area contributed by atoms with Crippen molar-refractivity contribution in [2.75, 3.05) is 7.11 Å². The summed E-state index contributed by atoms with van der Waals surface area (Å²) in [6.07, 6.45) is 8.83. The standard InChI is InChI=1S/C17H18N2O2/c1-11(21-2)13-8-9-14-15(10-13)19-17(20)16(18-14)12-6-4-3-5-7-12/h3-6,8-12H,7H2,1-2H3,(H,19,20). The fourth-order valence-electron chi connectivity index (χ4n) is 2.54. The molecular weight excluding hydrogens is 264 g/mol. The summed E-state index contributed by atoms with van der Waals surface area (Å²) in [5, 5.41) is 0. The van der Waals surface area contributed by atoms with E-state index in [0.717, 1.165) is 23.0 Å². The number of aromatic amines is 1. The summed E-state index contributed by atoms with van der Waals surface area (Å²) in [7, 11) is 1.67. The summed E-state index contributed by atoms with van der Waals surface area (Å²) < 4.78 is 5.31. The Hall–Kier alpha value is -2.20. The van der Waals surface area contributed by atoms with Crippen molar-refractivity contribution in [1.29, 1.82) is 0 Å². The molecule has 1 aromatic heterocycles. The van der Waals surface area contributed by atoms with Crippen LogP contribution in [0.5, 0.6) is 0 Å². The van der Waals surface area contributed by atoms with E-state index in [9.17, 15) is 4.79 Å². The van der Waals surface area contributed by atoms with Crippen LogP contribution in [0.3, 0.4) is 0 Å². The highest BCUT2D eigenvalue weighted by Gasteiger charge is 2.15. The molecular formula is C17H18N2O2. The van der Waals surface area contributed by atoms with Gasteiger partial charge in [-0.1, -0.05) is 30.4 Å². The molecule has 2 unspecified atom stereocenters. The normalized spacial score (nSPS) is 19.0. The number of allylic oxidation sites excluding steroid dienone is 4. The maximum absolute atomic E-state index is 12.3. The number of benzene rings is 1. The number of H-pyrrole nitrogens is 1. The largest absolute Gasteiger partial charge is 0.377 e. The first kappa shape index (κ1) is 13.8. The Morgan fingerprint density at radius 1 is 1.38 bits per heavy atom. The quantitative estimate of drug-likeness (QED) is 0.940. The Labute approximate surface area is 123 Å². The van der Waals surface area contributed by atoms with Crippen molar-refractivity contribution < 1.29 is 4.74 Å². The third kappa shape index (κ3) is 2.67. The SMILES string of the molecule is COC(C)c1ccc2nc(C3C=CC=CC3)c(=O)[nH]c2c1. The molecule has 1 aromatic carbocycles. The van der Waals surface area contributed by atoms with Gasteiger partial charge in [0.1, 0.15) is 5.69 Å². The van der Waals surface area contributed by atoms with E-state index in [0.29, 0.717) is 5.69 Å². The smallest absolute Gasteiger partial charge is 0.270 e. The van der Waals surface area contributed by atoms with E-state index >= 15 is 0 Å². The number of hydrogen-bond acceptors (Lipinski definition) is 3. The second kappa shape index (κ2) is 5.66. The number of fused-ring (bicyclic) bond motifs is 1. The van der Waals surface area contributed by atoms with Gasteiger partial charge in [0.2, 0.25) is 0 Å². The van der Waals surface area contributed by atoms with Crippen molar-refractivity contribution >= 4 is 11.0 Å². The minimum atomic E-state index is -0.116. The molecule has 1 N–H and O–H groups in total. The van der Waals surface area contributed by atoms with E-state index < -0.39 is 0 Å². The number of hydrogen-bond donors (Lipinski definition) is 1. The van der Waals surface area contributed by atoms with E-state index in [2.05, 4.69) is 16.0 Å². The van der Waals surface area contributed by atoms with Crippen molar-refractivity contribution in [2.45, 2.75) is 25.4 Å². The van der Waals surface area contributed by atoms with Gasteiger partial charge in [0.25, 0.3) is 5.56 Å². The van der Waals surface area contributed by atoms with E-state index in [4.69, 9.17) is 4.74 Å². The van der Waals surface area contributed by atoms with Crippen LogP contribution in [-0.2, 0) is 4.74 Å². The van der Waals surface area contributed by atoms with E-state index in [1.807, 2.05) is 43.4 Å². The first-order valence-corrected chi connectivity index (χ1v) is 7.09. The number of aromatic nitrogens is 2. The fraction of sp³-hybridized carbons (Fsp3) is 0.294. The number of methoxy groups -OCH3 is 1. The van der Waals surface area contributed by atoms with Gasteiger partial charge in [-0.15, -0.1) is 0 Å². The Bertz CT molecular complexity index is 774. The number of nitrogens with one attached hydrogen (secondary N) is 1. The zero-order valence-corrected chi connectivity index (χ0v) is 12.2. The maximum atomic E-state index is 12.3. The lowest BCUT2D eigenvalue weighted by molar-refractivity contribution is 0.119. The molecule has 0 amide bonds. The van der Waals surface area contributed by atoms with Gasteiger partial charge in [-0.05, 0) is 31.0 Å². The molecule has 0 saturated heterocycles. The van der Waals surface area contributed by atoms with Gasteiger partial charge in [-0.25, -0.2) is 4.98 Å². The lowest BCUT2D eigenvalue weighted by atomic mass is 9.97. The van der Waals surface area contributed by atoms with E-state index in [1.54, 1.807) is 7.11 Å². The molecule has 2 atom stereocenters. The highest BCUT2D eigenvalue weighted by atomic mass is 16.5. The molecule has 108 valence electrons. The highest BCUT2D eigenvalue weighted by molar-refractivity contribution is 5.75. The second-order valence-electron chi connectivity index (χ2n) is 5.26. The van der Waals surface area contributed by atoms with Gasteiger partial charge in [-0.2, -0.15) is 0 Å². The van der Waals surface area contributed by atoms with Crippen LogP contribution in [0.15, 0.2) is 47.3 Å². The average Bonchev–Trinajstić information content (AvgIpc) is 2.53. The van der Waals surface area contributed by atoms with E-state index in [1.165, 1.54) is 0 Å². The zero-order chi connectivity index (χ0) is 14.8. The monoisotopic (exact) mass is 282 g/mol. The van der Waals surface area contributed by atoms with Crippen LogP contribution in [0.25, 0.3) is 11.0 Å². The molecule has 0 saturated carbocycles. The summed E-state index contributed by atoms with van der Waals surface area (Å²) >= 11 is 0. The third-order valence-corrected chi connectivity index (χ3v) is 3.90. The van der Waals surface area contributed by atoms with Crippen LogP contribution >= 0.6 is 0 Å². The van der Waals surface area contributed by atoms with Gasteiger partial charge < -0.3 is 9.72 Å². The highest BCUT2D eigenvalue weighted by Crippen LogP contribution is 2.23. The minimum Gasteiger partial charge on any atom is -0.377 e. The molecule has 1 aliphatic carbocycles. The van der Waals surface area contributed by atoms with Crippen molar-refractivity contribution in [3.8, 4) is 0 Å². The third-order valence-electron chi connectivity index (χ3n) is 3.90. The van der Waals surface area contributed by atoms with Gasteiger partial charge in [0.05, 0.1) is 17.1 Å². The molecule has 21 heavy (non-hydrogen) atoms. The van der Waals surface area contributed by atoms with Crippen molar-refractivity contribution in [2.24, 2.45) is 0 Å². The van der Waals surface area contributed by atoms with Crippen LogP contribution in [0.1, 0.15) is 36.6 Å². The summed E-state index contributed by atoms with van der Waals surface area (Å²) in [6.45, 7) is 1.97. The molecule has 0 fully saturated rings. The predicted molar refractivity (Wildman–Crippen MR) is 83.4 cm³/mol. The number of nitrogens with zero attached hydrogens (tertiary/aromatic N) is 1. The fourth-order valence-corrected chi connectivity index (χ4v) is 2.54. The molecule has 1 aliphatic rings. The molecule has 1 heterocycles. The summed E-state index contributed by atoms with van der Waals surface area (Å²) in [6, 6.07) is 5.85. The van der Waals surface area contributed by atoms with E-state index in [-0.39, 0.29) is 17.6 Å². The van der Waals surface area contributed by atoms with Crippen molar-refractivity contribution in [3.63, 3.8) is 0 Å². The van der Waals surface area contributed by atoms with Crippen LogP contribution in [-0.4, -0.2) is 17.1 Å². The lowest BCUT2D eigenvalue weighted by Gasteiger charge is -2.13. The predicted octanol–water partition coefficient (Wildman–Crippen LogP) is 3.23. The van der Waals surface area contributed by atoms with Crippen LogP contribution < -0.4 is 5.56 Å². The van der Waals surface area contributed by atoms with Gasteiger partial charge in [0, 0.05) is 13.0 Å². The average molecular weight is 282 g/mol. The lowest BCUT2D eigenvalue weighted by Crippen LogP contribution is -2.18. The Morgan fingerprint density at radius 3 is 2.95 bits per heavy atom. The van der Waals surface area contributed by atoms with Gasteiger partial charge >= 0.3 is 0 Å². The van der Waals surface area contributed by atoms with Crippen LogP contribution in [0.2, 0.25) is 0 Å². The Morgan fingerprint density at radius 2 is 2.24 bits per heavy atom. The molecule has 4 nitrogen and oxygen atoms in total. The first-order chi connectivity index (χ1) is 10.2. The molecule has 2 aromatic rings. The Balaban J connectivity index is 2.06. The topological polar surface area (TPSA) is 55.0 Å². The molecule has 0 aliphatic heterocycles. The number of ether oxygens (including phenoxy) is 1. The van der Waals surface area contributed by atoms with Gasteiger partial charge in [-0.3, -0.25) is 4.79 Å². The number of rotatable bonds is 3. The molecule has 0 radical (unpaired) electrons. The summed E-state index contributed by atoms with van der Waals surface area (Å²) in [5.74, 6) is 0.0562. The summed E-state index contributed by atoms with van der Waals surface area (Å²) in [4.78, 5) is 19.8. The molecule has 0 spiro atoms. The van der Waals surface area contributed by atoms with Crippen molar-refractivity contribution in [1.82, 2.24) is 9.97 Å². The van der Waals surface area contributed by atoms with Crippen LogP contribution in [0.4, 0.5) is 0 Å². The maximum Gasteiger partial charge on any atom is 0.270 e. The van der Waals surface area contributed by atoms with Crippen LogP contribution in [0, 0.1) is 0 Å². The first-order valence-electron chi connectivity index (χ1n) is 7.09. The Kier molecular flexibility index (Phi) is 3.71. The summed E-state index contributed by atoms with van der Waals surface area (Å²) in [5.41, 5.74) is 3.04. The second-order valence-corrected chi connectivity index (χ2v) is 5.26. The minimum absolute atomic E-state index is 0.0102. The zero-order valence-electron chi connectivity index (χ0n) is 12.2. The molecule has 4 heteroatoms. The van der Waals surface area contributed by atoms with Gasteiger partial charge in [0.15, 0.2) is 0 Å². The molecule has 0 bridgehead atoms. The van der Waals surface area contributed by atoms with Crippen molar-refractivity contribution in [3.05, 3.63) is 64.1 Å². The molecule has 3 rings (SSSR count).